The van der Waals surface area contributed by atoms with Crippen molar-refractivity contribution in [3.05, 3.63) is 23.3 Å². The molecular weight excluding hydrogens is 373 g/mol. The first kappa shape index (κ1) is 21.0. The minimum Gasteiger partial charge on any atom is -0.384 e. The third-order valence-corrected chi connectivity index (χ3v) is 5.63. The van der Waals surface area contributed by atoms with Crippen molar-refractivity contribution in [2.24, 2.45) is 5.92 Å². The van der Waals surface area contributed by atoms with Crippen LogP contribution in [0.3, 0.4) is 0 Å². The third kappa shape index (κ3) is 5.86. The average Bonchev–Trinajstić information content (AvgIpc) is 2.54. The molecule has 148 valence electrons. The number of alkyl halides is 3. The molecule has 2 heterocycles. The molecule has 0 aliphatic carbocycles. The lowest BCUT2D eigenvalue weighted by Crippen LogP contribution is -2.47. The van der Waals surface area contributed by atoms with Gasteiger partial charge in [-0.3, -0.25) is 0 Å². The van der Waals surface area contributed by atoms with Crippen molar-refractivity contribution in [3.63, 3.8) is 0 Å². The van der Waals surface area contributed by atoms with Gasteiger partial charge in [-0.1, -0.05) is 0 Å². The molecule has 1 aliphatic rings. The van der Waals surface area contributed by atoms with E-state index in [2.05, 4.69) is 14.7 Å². The highest BCUT2D eigenvalue weighted by Gasteiger charge is 2.33. The molecule has 2 rings (SSSR count). The van der Waals surface area contributed by atoms with Gasteiger partial charge in [0.15, 0.2) is 0 Å². The molecule has 1 saturated heterocycles. The molecule has 0 saturated carbocycles. The second-order valence-corrected chi connectivity index (χ2v) is 8.03. The van der Waals surface area contributed by atoms with Crippen molar-refractivity contribution in [3.8, 4) is 0 Å². The van der Waals surface area contributed by atoms with Crippen LogP contribution in [0, 0.1) is 12.8 Å². The molecule has 1 aromatic rings. The molecule has 0 aromatic carbocycles. The molecule has 1 aromatic heterocycles. The Morgan fingerprint density at radius 2 is 2.12 bits per heavy atom. The van der Waals surface area contributed by atoms with E-state index in [0.29, 0.717) is 19.7 Å². The second kappa shape index (κ2) is 8.59. The highest BCUT2D eigenvalue weighted by Crippen LogP contribution is 2.27. The number of aromatic nitrogens is 2. The lowest BCUT2D eigenvalue weighted by Gasteiger charge is -2.31. The van der Waals surface area contributed by atoms with Crippen LogP contribution >= 0.6 is 0 Å². The number of aryl methyl sites for hydroxylation is 1. The fourth-order valence-corrected chi connectivity index (χ4v) is 4.21. The van der Waals surface area contributed by atoms with E-state index in [9.17, 15) is 21.6 Å². The Kier molecular flexibility index (Phi) is 6.94. The van der Waals surface area contributed by atoms with E-state index in [4.69, 9.17) is 4.74 Å². The summed E-state index contributed by atoms with van der Waals surface area (Å²) in [7, 11) is -2.13. The molecule has 0 spiro atoms. The summed E-state index contributed by atoms with van der Waals surface area (Å²) in [5.41, 5.74) is -0.843. The molecule has 1 fully saturated rings. The molecule has 1 unspecified atom stereocenters. The van der Waals surface area contributed by atoms with Crippen molar-refractivity contribution < 1.29 is 26.3 Å². The maximum atomic E-state index is 12.8. The lowest BCUT2D eigenvalue weighted by molar-refractivity contribution is -0.141. The minimum absolute atomic E-state index is 0.0284. The predicted octanol–water partition coefficient (Wildman–Crippen LogP) is 1.54. The van der Waals surface area contributed by atoms with E-state index < -0.39 is 22.1 Å². The van der Waals surface area contributed by atoms with Gasteiger partial charge in [0.05, 0.1) is 6.61 Å². The summed E-state index contributed by atoms with van der Waals surface area (Å²) in [4.78, 5) is 7.41. The Bertz CT molecular complexity index is 711. The molecular formula is C15H23F3N4O3S. The summed E-state index contributed by atoms with van der Waals surface area (Å²) in [6.07, 6.45) is -2.95. The maximum absolute atomic E-state index is 12.8. The molecule has 0 bridgehead atoms. The van der Waals surface area contributed by atoms with E-state index >= 15 is 0 Å². The smallest absolute Gasteiger partial charge is 0.384 e. The molecule has 1 N–H and O–H groups in total. The largest absolute Gasteiger partial charge is 0.433 e. The normalized spacial score (nSPS) is 19.7. The zero-order chi connectivity index (χ0) is 19.4. The number of halogens is 3. The second-order valence-electron chi connectivity index (χ2n) is 6.28. The van der Waals surface area contributed by atoms with Crippen LogP contribution in [0.15, 0.2) is 6.07 Å². The van der Waals surface area contributed by atoms with E-state index in [0.717, 1.165) is 18.9 Å². The maximum Gasteiger partial charge on any atom is 0.433 e. The Labute approximate surface area is 151 Å². The van der Waals surface area contributed by atoms with E-state index in [1.165, 1.54) is 11.2 Å². The predicted molar refractivity (Wildman–Crippen MR) is 88.6 cm³/mol. The molecule has 7 nitrogen and oxygen atoms in total. The van der Waals surface area contributed by atoms with Gasteiger partial charge in [0.25, 0.3) is 10.2 Å². The van der Waals surface area contributed by atoms with Crippen molar-refractivity contribution >= 4 is 10.2 Å². The van der Waals surface area contributed by atoms with Crippen LogP contribution in [0.5, 0.6) is 0 Å². The van der Waals surface area contributed by atoms with Gasteiger partial charge in [-0.25, -0.2) is 14.7 Å². The van der Waals surface area contributed by atoms with Crippen molar-refractivity contribution in [1.29, 1.82) is 0 Å². The van der Waals surface area contributed by atoms with Crippen LogP contribution in [0.2, 0.25) is 0 Å². The van der Waals surface area contributed by atoms with Crippen molar-refractivity contribution in [2.75, 3.05) is 33.4 Å². The van der Waals surface area contributed by atoms with Gasteiger partial charge >= 0.3 is 6.18 Å². The number of ether oxygens (including phenoxy) is 1. The van der Waals surface area contributed by atoms with Gasteiger partial charge in [0.2, 0.25) is 0 Å². The summed E-state index contributed by atoms with van der Waals surface area (Å²) < 4.78 is 71.9. The molecule has 1 aliphatic heterocycles. The van der Waals surface area contributed by atoms with Gasteiger partial charge in [0.1, 0.15) is 11.5 Å². The van der Waals surface area contributed by atoms with Crippen molar-refractivity contribution in [1.82, 2.24) is 19.0 Å². The van der Waals surface area contributed by atoms with Crippen LogP contribution in [0.25, 0.3) is 0 Å². The molecule has 0 amide bonds. The SMILES string of the molecule is COCC1CCCN(S(=O)(=O)NCCc2nc(C)cc(C(F)(F)F)n2)C1. The third-order valence-electron chi connectivity index (χ3n) is 4.05. The number of hydrogen-bond acceptors (Lipinski definition) is 5. The van der Waals surface area contributed by atoms with Gasteiger partial charge in [-0.05, 0) is 31.7 Å². The number of rotatable bonds is 7. The van der Waals surface area contributed by atoms with Gasteiger partial charge in [0, 0.05) is 38.9 Å². The van der Waals surface area contributed by atoms with Crippen LogP contribution in [-0.2, 0) is 27.5 Å². The van der Waals surface area contributed by atoms with E-state index in [-0.39, 0.29) is 30.4 Å². The summed E-state index contributed by atoms with van der Waals surface area (Å²) in [5, 5.41) is 0. The van der Waals surface area contributed by atoms with Crippen LogP contribution in [-0.4, -0.2) is 56.0 Å². The Balaban J connectivity index is 1.95. The average molecular weight is 396 g/mol. The van der Waals surface area contributed by atoms with Crippen LogP contribution < -0.4 is 4.72 Å². The summed E-state index contributed by atoms with van der Waals surface area (Å²) in [6, 6.07) is 0.858. The first-order valence-corrected chi connectivity index (χ1v) is 9.71. The molecule has 11 heteroatoms. The monoisotopic (exact) mass is 396 g/mol. The zero-order valence-corrected chi connectivity index (χ0v) is 15.5. The van der Waals surface area contributed by atoms with Crippen LogP contribution in [0.4, 0.5) is 13.2 Å². The quantitative estimate of drug-likeness (QED) is 0.756. The Hall–Kier alpha value is -1.30. The van der Waals surface area contributed by atoms with Gasteiger partial charge < -0.3 is 4.74 Å². The first-order valence-electron chi connectivity index (χ1n) is 8.27. The number of piperidine rings is 1. The number of nitrogens with zero attached hydrogens (tertiary/aromatic N) is 3. The number of methoxy groups -OCH3 is 1. The minimum atomic E-state index is -4.56. The van der Waals surface area contributed by atoms with Crippen molar-refractivity contribution in [2.45, 2.75) is 32.4 Å². The first-order chi connectivity index (χ1) is 12.1. The van der Waals surface area contributed by atoms with Gasteiger partial charge in [-0.2, -0.15) is 25.9 Å². The summed E-state index contributed by atoms with van der Waals surface area (Å²) in [5.74, 6) is 0.0932. The number of hydrogen-bond donors (Lipinski definition) is 1. The van der Waals surface area contributed by atoms with Gasteiger partial charge in [-0.15, -0.1) is 0 Å². The standard InChI is InChI=1S/C15H23F3N4O3S/c1-11-8-13(15(16,17)18)21-14(20-11)5-6-19-26(23,24)22-7-3-4-12(9-22)10-25-2/h8,12,19H,3-7,9-10H2,1-2H3. The highest BCUT2D eigenvalue weighted by molar-refractivity contribution is 7.87. The van der Waals surface area contributed by atoms with E-state index in [1.54, 1.807) is 7.11 Å². The molecule has 0 radical (unpaired) electrons. The van der Waals surface area contributed by atoms with E-state index in [1.807, 2.05) is 0 Å². The topological polar surface area (TPSA) is 84.4 Å². The molecule has 1 atom stereocenters. The van der Waals surface area contributed by atoms with Crippen LogP contribution in [0.1, 0.15) is 30.1 Å². The lowest BCUT2D eigenvalue weighted by atomic mass is 10.0. The number of nitrogens with one attached hydrogen (secondary N) is 1. The zero-order valence-electron chi connectivity index (χ0n) is 14.7. The summed E-state index contributed by atoms with van der Waals surface area (Å²) in [6.45, 7) is 2.63. The Morgan fingerprint density at radius 3 is 2.77 bits per heavy atom. The Morgan fingerprint density at radius 1 is 1.38 bits per heavy atom. The fraction of sp³-hybridized carbons (Fsp3) is 0.733. The molecule has 26 heavy (non-hydrogen) atoms. The summed E-state index contributed by atoms with van der Waals surface area (Å²) >= 11 is 0. The highest BCUT2D eigenvalue weighted by atomic mass is 32.2. The fourth-order valence-electron chi connectivity index (χ4n) is 2.89.